The quantitative estimate of drug-likeness (QED) is 0.414. The van der Waals surface area contributed by atoms with Crippen LogP contribution in [-0.2, 0) is 4.79 Å². The fraction of sp³-hybridized carbons (Fsp3) is 0.385. The van der Waals surface area contributed by atoms with Crippen molar-refractivity contribution in [1.29, 1.82) is 0 Å². The van der Waals surface area contributed by atoms with Gasteiger partial charge in [0.15, 0.2) is 0 Å². The lowest BCUT2D eigenvalue weighted by atomic mass is 9.95. The van der Waals surface area contributed by atoms with Crippen molar-refractivity contribution in [2.24, 2.45) is 0 Å². The molecule has 1 aromatic carbocycles. The summed E-state index contributed by atoms with van der Waals surface area (Å²) in [5.74, 6) is -1.93. The van der Waals surface area contributed by atoms with Gasteiger partial charge in [-0.2, -0.15) is 0 Å². The van der Waals surface area contributed by atoms with Gasteiger partial charge in [-0.25, -0.2) is 4.79 Å². The zero-order chi connectivity index (χ0) is 16.2. The first-order valence-corrected chi connectivity index (χ1v) is 6.31. The number of nitro benzene ring substituents is 1. The molecule has 0 fully saturated rings. The highest BCUT2D eigenvalue weighted by Gasteiger charge is 2.35. The Morgan fingerprint density at radius 3 is 2.57 bits per heavy atom. The highest BCUT2D eigenvalue weighted by molar-refractivity contribution is 6.03. The molecule has 4 N–H and O–H groups in total. The molecule has 1 rings (SSSR count). The summed E-state index contributed by atoms with van der Waals surface area (Å²) in [7, 11) is 0. The third-order valence-corrected chi connectivity index (χ3v) is 3.14. The first-order valence-electron chi connectivity index (χ1n) is 6.31. The summed E-state index contributed by atoms with van der Waals surface area (Å²) in [6.07, 6.45) is 0.774. The number of carboxylic acid groups (broad SMARTS) is 1. The van der Waals surface area contributed by atoms with Crippen LogP contribution < -0.4 is 11.1 Å². The lowest BCUT2D eigenvalue weighted by Crippen LogP contribution is -2.52. The number of nitrogens with two attached hydrogens (primary N) is 1. The van der Waals surface area contributed by atoms with E-state index in [-0.39, 0.29) is 17.7 Å². The van der Waals surface area contributed by atoms with Crippen LogP contribution in [-0.4, -0.2) is 27.4 Å². The van der Waals surface area contributed by atoms with E-state index in [1.54, 1.807) is 6.92 Å². The molecular weight excluding hydrogens is 278 g/mol. The fourth-order valence-electron chi connectivity index (χ4n) is 1.95. The molecule has 1 aromatic rings. The van der Waals surface area contributed by atoms with Crippen LogP contribution in [0, 0.1) is 10.1 Å². The van der Waals surface area contributed by atoms with Crippen LogP contribution in [0.4, 0.5) is 11.4 Å². The van der Waals surface area contributed by atoms with Gasteiger partial charge in [-0.15, -0.1) is 0 Å². The minimum absolute atomic E-state index is 0.118. The van der Waals surface area contributed by atoms with Crippen LogP contribution in [0.15, 0.2) is 18.2 Å². The van der Waals surface area contributed by atoms with Gasteiger partial charge >= 0.3 is 5.97 Å². The van der Waals surface area contributed by atoms with Gasteiger partial charge in [0.1, 0.15) is 11.2 Å². The highest BCUT2D eigenvalue weighted by atomic mass is 16.6. The summed E-state index contributed by atoms with van der Waals surface area (Å²) in [5.41, 5.74) is 3.35. The number of amides is 1. The van der Waals surface area contributed by atoms with E-state index in [9.17, 15) is 24.8 Å². The SMILES string of the molecule is CCCC(C)(NC(=O)c1cccc([N+](=O)[O-])c1N)C(=O)O. The van der Waals surface area contributed by atoms with Crippen molar-refractivity contribution < 1.29 is 19.6 Å². The van der Waals surface area contributed by atoms with E-state index in [4.69, 9.17) is 5.73 Å². The van der Waals surface area contributed by atoms with Crippen molar-refractivity contribution in [3.8, 4) is 0 Å². The molecule has 8 nitrogen and oxygen atoms in total. The molecule has 0 radical (unpaired) electrons. The van der Waals surface area contributed by atoms with Gasteiger partial charge in [0.05, 0.1) is 10.5 Å². The Morgan fingerprint density at radius 1 is 1.48 bits per heavy atom. The lowest BCUT2D eigenvalue weighted by molar-refractivity contribution is -0.383. The van der Waals surface area contributed by atoms with Gasteiger partial charge in [-0.05, 0) is 19.4 Å². The summed E-state index contributed by atoms with van der Waals surface area (Å²) < 4.78 is 0. The molecule has 1 amide bonds. The number of hydrogen-bond acceptors (Lipinski definition) is 5. The summed E-state index contributed by atoms with van der Waals surface area (Å²) >= 11 is 0. The molecule has 0 heterocycles. The second-order valence-electron chi connectivity index (χ2n) is 4.84. The van der Waals surface area contributed by atoms with Crippen LogP contribution in [0.3, 0.4) is 0 Å². The standard InChI is InChI=1S/C13H17N3O5/c1-3-7-13(2,12(18)19)15-11(17)8-5-4-6-9(10(8)14)16(20)21/h4-6H,3,7,14H2,1-2H3,(H,15,17)(H,18,19). The van der Waals surface area contributed by atoms with Crippen molar-refractivity contribution in [1.82, 2.24) is 5.32 Å². The predicted molar refractivity (Wildman–Crippen MR) is 75.9 cm³/mol. The number of anilines is 1. The third kappa shape index (κ3) is 3.47. The number of nitrogens with zero attached hydrogens (tertiary/aromatic N) is 1. The number of carbonyl (C=O) groups is 2. The number of hydrogen-bond donors (Lipinski definition) is 3. The Bertz CT molecular complexity index is 587. The van der Waals surface area contributed by atoms with E-state index in [1.807, 2.05) is 0 Å². The Kier molecular flexibility index (Phi) is 4.85. The topological polar surface area (TPSA) is 136 Å². The smallest absolute Gasteiger partial charge is 0.329 e. The van der Waals surface area contributed by atoms with E-state index in [1.165, 1.54) is 25.1 Å². The van der Waals surface area contributed by atoms with E-state index in [0.29, 0.717) is 6.42 Å². The molecule has 0 bridgehead atoms. The number of carbonyl (C=O) groups excluding carboxylic acids is 1. The fourth-order valence-corrected chi connectivity index (χ4v) is 1.95. The molecule has 8 heteroatoms. The Morgan fingerprint density at radius 2 is 2.10 bits per heavy atom. The molecule has 0 spiro atoms. The van der Waals surface area contributed by atoms with Crippen LogP contribution >= 0.6 is 0 Å². The second-order valence-corrected chi connectivity index (χ2v) is 4.84. The summed E-state index contributed by atoms with van der Waals surface area (Å²) in [6.45, 7) is 3.17. The van der Waals surface area contributed by atoms with Crippen molar-refractivity contribution in [3.63, 3.8) is 0 Å². The van der Waals surface area contributed by atoms with E-state index in [2.05, 4.69) is 5.32 Å². The number of benzene rings is 1. The third-order valence-electron chi connectivity index (χ3n) is 3.14. The van der Waals surface area contributed by atoms with Gasteiger partial charge in [0.25, 0.3) is 11.6 Å². The van der Waals surface area contributed by atoms with Crippen LogP contribution in [0.1, 0.15) is 37.0 Å². The average Bonchev–Trinajstić information content (AvgIpc) is 2.38. The van der Waals surface area contributed by atoms with Crippen LogP contribution in [0.5, 0.6) is 0 Å². The Balaban J connectivity index is 3.12. The van der Waals surface area contributed by atoms with Gasteiger partial charge in [0.2, 0.25) is 0 Å². The second kappa shape index (κ2) is 6.21. The molecule has 0 aliphatic rings. The first kappa shape index (κ1) is 16.4. The van der Waals surface area contributed by atoms with Gasteiger partial charge in [-0.3, -0.25) is 14.9 Å². The summed E-state index contributed by atoms with van der Waals surface area (Å²) in [4.78, 5) is 33.5. The largest absolute Gasteiger partial charge is 0.480 e. The normalized spacial score (nSPS) is 13.2. The molecule has 0 aliphatic carbocycles. The van der Waals surface area contributed by atoms with Crippen molar-refractivity contribution >= 4 is 23.3 Å². The van der Waals surface area contributed by atoms with Gasteiger partial charge in [-0.1, -0.05) is 19.4 Å². The highest BCUT2D eigenvalue weighted by Crippen LogP contribution is 2.25. The van der Waals surface area contributed by atoms with E-state index >= 15 is 0 Å². The van der Waals surface area contributed by atoms with Gasteiger partial charge in [0, 0.05) is 6.07 Å². The molecule has 0 aromatic heterocycles. The number of carboxylic acids is 1. The lowest BCUT2D eigenvalue weighted by Gasteiger charge is -2.26. The predicted octanol–water partition coefficient (Wildman–Crippen LogP) is 1.55. The minimum Gasteiger partial charge on any atom is -0.480 e. The summed E-state index contributed by atoms with van der Waals surface area (Å²) in [6, 6.07) is 3.81. The van der Waals surface area contributed by atoms with Crippen LogP contribution in [0.25, 0.3) is 0 Å². The first-order chi connectivity index (χ1) is 9.73. The van der Waals surface area contributed by atoms with E-state index in [0.717, 1.165) is 0 Å². The maximum absolute atomic E-state index is 12.2. The zero-order valence-corrected chi connectivity index (χ0v) is 11.8. The molecule has 0 saturated carbocycles. The van der Waals surface area contributed by atoms with Crippen molar-refractivity contribution in [2.45, 2.75) is 32.2 Å². The maximum atomic E-state index is 12.2. The number of nitrogen functional groups attached to an aromatic ring is 1. The number of para-hydroxylation sites is 1. The molecule has 21 heavy (non-hydrogen) atoms. The Labute approximate surface area is 121 Å². The number of rotatable bonds is 6. The Hall–Kier alpha value is -2.64. The number of nitro groups is 1. The maximum Gasteiger partial charge on any atom is 0.329 e. The molecule has 1 atom stereocenters. The number of aliphatic carboxylic acids is 1. The molecule has 0 saturated heterocycles. The number of nitrogens with one attached hydrogen (secondary N) is 1. The molecule has 0 aliphatic heterocycles. The van der Waals surface area contributed by atoms with E-state index < -0.39 is 28.0 Å². The minimum atomic E-state index is -1.46. The van der Waals surface area contributed by atoms with Gasteiger partial charge < -0.3 is 16.2 Å². The molecular formula is C13H17N3O5. The zero-order valence-electron chi connectivity index (χ0n) is 11.8. The van der Waals surface area contributed by atoms with Crippen molar-refractivity contribution in [2.75, 3.05) is 5.73 Å². The molecule has 1 unspecified atom stereocenters. The van der Waals surface area contributed by atoms with Crippen molar-refractivity contribution in [3.05, 3.63) is 33.9 Å². The monoisotopic (exact) mass is 295 g/mol. The summed E-state index contributed by atoms with van der Waals surface area (Å²) in [5, 5.41) is 22.4. The van der Waals surface area contributed by atoms with Crippen LogP contribution in [0.2, 0.25) is 0 Å². The molecule has 114 valence electrons. The average molecular weight is 295 g/mol.